The summed E-state index contributed by atoms with van der Waals surface area (Å²) < 4.78 is 40.0. The number of alkyl halides is 3. The molecule has 0 aliphatic carbocycles. The maximum absolute atomic E-state index is 13.0. The predicted molar refractivity (Wildman–Crippen MR) is 124 cm³/mol. The van der Waals surface area contributed by atoms with Crippen molar-refractivity contribution in [3.63, 3.8) is 0 Å². The minimum atomic E-state index is -4.66. The number of aromatic amines is 1. The normalized spacial score (nSPS) is 11.9. The average molecular weight is 479 g/mol. The van der Waals surface area contributed by atoms with Gasteiger partial charge in [-0.25, -0.2) is 14.5 Å². The number of imidazole rings is 1. The van der Waals surface area contributed by atoms with Gasteiger partial charge in [-0.3, -0.25) is 4.79 Å². The highest BCUT2D eigenvalue weighted by molar-refractivity contribution is 5.91. The number of hydrogen-bond donors (Lipinski definition) is 2. The summed E-state index contributed by atoms with van der Waals surface area (Å²) in [5, 5.41) is 6.38. The van der Waals surface area contributed by atoms with E-state index in [9.17, 15) is 18.0 Å². The summed E-state index contributed by atoms with van der Waals surface area (Å²) in [5.74, 6) is -0.853. The Morgan fingerprint density at radius 2 is 1.77 bits per heavy atom. The van der Waals surface area contributed by atoms with Gasteiger partial charge in [0.25, 0.3) is 11.6 Å². The number of H-pyrrole nitrogens is 1. The third-order valence-corrected chi connectivity index (χ3v) is 5.74. The van der Waals surface area contributed by atoms with Gasteiger partial charge in [-0.15, -0.1) is 5.10 Å². The van der Waals surface area contributed by atoms with E-state index >= 15 is 0 Å². The lowest BCUT2D eigenvalue weighted by Crippen LogP contribution is -2.14. The maximum Gasteiger partial charge on any atom is 0.453 e. The number of aryl methyl sites for hydroxylation is 2. The number of carbonyl (C=O) groups excluding carboxylic acids is 1. The van der Waals surface area contributed by atoms with Crippen LogP contribution >= 0.6 is 0 Å². The highest BCUT2D eigenvalue weighted by Crippen LogP contribution is 2.27. The number of anilines is 1. The molecule has 178 valence electrons. The Hall–Kier alpha value is -4.28. The molecule has 0 saturated carbocycles. The molecule has 35 heavy (non-hydrogen) atoms. The second kappa shape index (κ2) is 8.49. The first-order chi connectivity index (χ1) is 16.7. The number of nitrogens with one attached hydrogen (secondary N) is 2. The zero-order valence-electron chi connectivity index (χ0n) is 18.8. The van der Waals surface area contributed by atoms with E-state index in [0.717, 1.165) is 26.9 Å². The van der Waals surface area contributed by atoms with E-state index in [1.165, 1.54) is 0 Å². The van der Waals surface area contributed by atoms with Crippen molar-refractivity contribution >= 4 is 28.4 Å². The Labute approximate surface area is 197 Å². The Balaban J connectivity index is 1.26. The minimum absolute atomic E-state index is 0.120. The fraction of sp³-hybridized carbons (Fsp3) is 0.208. The summed E-state index contributed by atoms with van der Waals surface area (Å²) >= 11 is 0. The van der Waals surface area contributed by atoms with Crippen LogP contribution in [0.5, 0.6) is 0 Å². The van der Waals surface area contributed by atoms with Gasteiger partial charge in [0.05, 0.1) is 11.0 Å². The van der Waals surface area contributed by atoms with E-state index in [1.807, 2.05) is 36.4 Å². The van der Waals surface area contributed by atoms with Crippen LogP contribution in [0.15, 0.2) is 48.5 Å². The minimum Gasteiger partial charge on any atom is -0.338 e. The molecule has 3 aromatic heterocycles. The van der Waals surface area contributed by atoms with E-state index in [1.54, 1.807) is 26.0 Å². The summed E-state index contributed by atoms with van der Waals surface area (Å²) in [7, 11) is 0. The third kappa shape index (κ3) is 4.44. The lowest BCUT2D eigenvalue weighted by molar-refractivity contribution is -0.144. The zero-order valence-corrected chi connectivity index (χ0v) is 18.8. The second-order valence-electron chi connectivity index (χ2n) is 8.13. The first-order valence-corrected chi connectivity index (χ1v) is 10.8. The number of para-hydroxylation sites is 2. The number of halogens is 3. The first-order valence-electron chi connectivity index (χ1n) is 10.8. The highest BCUT2D eigenvalue weighted by atomic mass is 19.4. The van der Waals surface area contributed by atoms with Gasteiger partial charge in [0.1, 0.15) is 5.82 Å². The zero-order chi connectivity index (χ0) is 24.7. The van der Waals surface area contributed by atoms with E-state index in [2.05, 4.69) is 30.4 Å². The molecule has 0 radical (unpaired) electrons. The van der Waals surface area contributed by atoms with Crippen LogP contribution in [0.3, 0.4) is 0 Å². The summed E-state index contributed by atoms with van der Waals surface area (Å²) in [6.45, 7) is 3.32. The van der Waals surface area contributed by atoms with E-state index in [0.29, 0.717) is 29.1 Å². The fourth-order valence-electron chi connectivity index (χ4n) is 3.95. The Morgan fingerprint density at radius 3 is 2.49 bits per heavy atom. The molecule has 2 aromatic carbocycles. The fourth-order valence-corrected chi connectivity index (χ4v) is 3.95. The lowest BCUT2D eigenvalue weighted by Gasteiger charge is -2.11. The topological polar surface area (TPSA) is 101 Å². The van der Waals surface area contributed by atoms with E-state index < -0.39 is 12.0 Å². The van der Waals surface area contributed by atoms with Crippen molar-refractivity contribution in [2.24, 2.45) is 0 Å². The summed E-state index contributed by atoms with van der Waals surface area (Å²) in [6, 6.07) is 15.1. The Kier molecular flexibility index (Phi) is 5.46. The van der Waals surface area contributed by atoms with Gasteiger partial charge in [0, 0.05) is 29.1 Å². The van der Waals surface area contributed by atoms with Gasteiger partial charge in [0.2, 0.25) is 5.91 Å². The molecule has 5 aromatic rings. The van der Waals surface area contributed by atoms with E-state index in [-0.39, 0.29) is 18.1 Å². The van der Waals surface area contributed by atoms with Gasteiger partial charge in [-0.1, -0.05) is 12.1 Å². The van der Waals surface area contributed by atoms with Crippen molar-refractivity contribution in [1.29, 1.82) is 0 Å². The molecule has 0 fully saturated rings. The summed E-state index contributed by atoms with van der Waals surface area (Å²) in [6.07, 6.45) is -4.24. The second-order valence-corrected chi connectivity index (χ2v) is 8.13. The average Bonchev–Trinajstić information content (AvgIpc) is 3.44. The molecule has 0 unspecified atom stereocenters. The van der Waals surface area contributed by atoms with Crippen molar-refractivity contribution in [2.45, 2.75) is 32.9 Å². The molecule has 0 aliphatic rings. The number of amides is 1. The van der Waals surface area contributed by atoms with Crippen LogP contribution in [-0.2, 0) is 17.4 Å². The van der Waals surface area contributed by atoms with Crippen LogP contribution in [0.25, 0.3) is 28.2 Å². The largest absolute Gasteiger partial charge is 0.453 e. The molecular formula is C24H20F3N7O. The molecule has 0 aliphatic heterocycles. The molecule has 3 heterocycles. The quantitative estimate of drug-likeness (QED) is 0.374. The van der Waals surface area contributed by atoms with Crippen LogP contribution in [0, 0.1) is 13.8 Å². The number of aromatic nitrogens is 6. The number of fused-ring (bicyclic) bond motifs is 2. The van der Waals surface area contributed by atoms with Crippen molar-refractivity contribution in [3.8, 4) is 11.4 Å². The van der Waals surface area contributed by atoms with Gasteiger partial charge in [-0.05, 0) is 62.2 Å². The molecule has 2 N–H and O–H groups in total. The van der Waals surface area contributed by atoms with Crippen molar-refractivity contribution < 1.29 is 18.0 Å². The van der Waals surface area contributed by atoms with Crippen molar-refractivity contribution in [2.75, 3.05) is 5.32 Å². The Morgan fingerprint density at radius 1 is 1.03 bits per heavy atom. The van der Waals surface area contributed by atoms with Gasteiger partial charge < -0.3 is 10.3 Å². The SMILES string of the molecule is Cc1nc2nc(C(F)(F)F)nn2c(C)c1CCC(=O)Nc1ccc(-c2nc3ccccc3[nH]2)cc1. The van der Waals surface area contributed by atoms with Crippen molar-refractivity contribution in [1.82, 2.24) is 29.5 Å². The van der Waals surface area contributed by atoms with Crippen LogP contribution < -0.4 is 5.32 Å². The maximum atomic E-state index is 13.0. The predicted octanol–water partition coefficient (Wildman–Crippen LogP) is 4.87. The molecular weight excluding hydrogens is 459 g/mol. The summed E-state index contributed by atoms with van der Waals surface area (Å²) in [5.41, 5.74) is 4.97. The molecule has 8 nitrogen and oxygen atoms in total. The van der Waals surface area contributed by atoms with E-state index in [4.69, 9.17) is 0 Å². The van der Waals surface area contributed by atoms with Crippen molar-refractivity contribution in [3.05, 3.63) is 71.3 Å². The molecule has 0 atom stereocenters. The molecule has 0 bridgehead atoms. The molecule has 0 saturated heterocycles. The summed E-state index contributed by atoms with van der Waals surface area (Å²) in [4.78, 5) is 28.0. The Bertz CT molecular complexity index is 1520. The third-order valence-electron chi connectivity index (χ3n) is 5.74. The van der Waals surface area contributed by atoms with Crippen LogP contribution in [0.4, 0.5) is 18.9 Å². The van der Waals surface area contributed by atoms with Crippen LogP contribution in [-0.4, -0.2) is 35.5 Å². The monoisotopic (exact) mass is 479 g/mol. The molecule has 11 heteroatoms. The molecule has 5 rings (SSSR count). The standard InChI is InChI=1S/C24H20F3N7O/c1-13-17(14(2)34-23(28-13)32-22(33-34)24(25,26)27)11-12-20(35)29-16-9-7-15(8-10-16)21-30-18-5-3-4-6-19(18)31-21/h3-10H,11-12H2,1-2H3,(H,29,35)(H,30,31). The molecule has 1 amide bonds. The smallest absolute Gasteiger partial charge is 0.338 e. The number of benzene rings is 2. The number of nitrogens with zero attached hydrogens (tertiary/aromatic N) is 5. The highest BCUT2D eigenvalue weighted by Gasteiger charge is 2.37. The van der Waals surface area contributed by atoms with Gasteiger partial charge in [0.15, 0.2) is 0 Å². The molecule has 0 spiro atoms. The van der Waals surface area contributed by atoms with Gasteiger partial charge >= 0.3 is 6.18 Å². The number of rotatable bonds is 5. The number of hydrogen-bond acceptors (Lipinski definition) is 5. The first kappa shape index (κ1) is 22.5. The lowest BCUT2D eigenvalue weighted by atomic mass is 10.1. The van der Waals surface area contributed by atoms with Gasteiger partial charge in [-0.2, -0.15) is 18.2 Å². The number of carbonyl (C=O) groups is 1. The van der Waals surface area contributed by atoms with Crippen LogP contribution in [0.1, 0.15) is 29.2 Å². The van der Waals surface area contributed by atoms with Crippen LogP contribution in [0.2, 0.25) is 0 Å².